The van der Waals surface area contributed by atoms with E-state index in [1.54, 1.807) is 0 Å². The lowest BCUT2D eigenvalue weighted by atomic mass is 10.3. The number of benzene rings is 1. The van der Waals surface area contributed by atoms with Crippen molar-refractivity contribution in [2.24, 2.45) is 0 Å². The highest BCUT2D eigenvalue weighted by Gasteiger charge is 2.27. The summed E-state index contributed by atoms with van der Waals surface area (Å²) in [5, 5.41) is 2.23. The second-order valence-electron chi connectivity index (χ2n) is 6.11. The van der Waals surface area contributed by atoms with E-state index in [0.717, 1.165) is 41.8 Å². The minimum atomic E-state index is -3.74. The van der Waals surface area contributed by atoms with Crippen LogP contribution in [-0.2, 0) is 21.4 Å². The second-order valence-corrected chi connectivity index (χ2v) is 8.05. The molecule has 0 bridgehead atoms. The van der Waals surface area contributed by atoms with E-state index in [1.807, 2.05) is 0 Å². The predicted octanol–water partition coefficient (Wildman–Crippen LogP) is 1.55. The monoisotopic (exact) mass is 397 g/mol. The van der Waals surface area contributed by atoms with Crippen molar-refractivity contribution in [2.75, 3.05) is 18.4 Å². The lowest BCUT2D eigenvalue weighted by Gasteiger charge is -2.16. The molecule has 2 aromatic rings. The minimum absolute atomic E-state index is 0.0928. The molecular weight excluding hydrogens is 380 g/mol. The second kappa shape index (κ2) is 7.57. The molecule has 0 radical (unpaired) electrons. The fraction of sp³-hybridized carbons (Fsp3) is 0.294. The van der Waals surface area contributed by atoms with Crippen molar-refractivity contribution in [3.63, 3.8) is 0 Å². The fourth-order valence-corrected chi connectivity index (χ4v) is 4.34. The molecule has 1 fully saturated rings. The summed E-state index contributed by atoms with van der Waals surface area (Å²) in [5.41, 5.74) is -0.819. The number of rotatable bonds is 5. The van der Waals surface area contributed by atoms with Crippen molar-refractivity contribution >= 4 is 21.6 Å². The molecule has 1 aromatic heterocycles. The summed E-state index contributed by atoms with van der Waals surface area (Å²) < 4.78 is 53.9. The Labute approximate surface area is 154 Å². The number of halogens is 2. The molecule has 10 heteroatoms. The maximum Gasteiger partial charge on any atom is 0.251 e. The lowest BCUT2D eigenvalue weighted by Crippen LogP contribution is -2.31. The van der Waals surface area contributed by atoms with Gasteiger partial charge in [-0.2, -0.15) is 4.31 Å². The number of nitrogens with zero attached hydrogens (tertiary/aromatic N) is 2. The number of aromatic nitrogens is 1. The first-order valence-electron chi connectivity index (χ1n) is 8.23. The molecule has 0 saturated carbocycles. The predicted molar refractivity (Wildman–Crippen MR) is 93.7 cm³/mol. The van der Waals surface area contributed by atoms with Gasteiger partial charge in [0.05, 0.1) is 10.6 Å². The summed E-state index contributed by atoms with van der Waals surface area (Å²) in [5.74, 6) is -2.50. The van der Waals surface area contributed by atoms with Crippen LogP contribution in [0.3, 0.4) is 0 Å². The average molecular weight is 397 g/mol. The van der Waals surface area contributed by atoms with Crippen LogP contribution in [0, 0.1) is 11.6 Å². The van der Waals surface area contributed by atoms with Crippen molar-refractivity contribution in [2.45, 2.75) is 24.3 Å². The fourth-order valence-electron chi connectivity index (χ4n) is 2.80. The molecule has 27 heavy (non-hydrogen) atoms. The first kappa shape index (κ1) is 19.2. The topological polar surface area (TPSA) is 88.5 Å². The van der Waals surface area contributed by atoms with Crippen LogP contribution in [0.15, 0.2) is 46.2 Å². The maximum atomic E-state index is 13.6. The van der Waals surface area contributed by atoms with Crippen LogP contribution in [-0.4, -0.2) is 36.3 Å². The van der Waals surface area contributed by atoms with Crippen molar-refractivity contribution in [1.82, 2.24) is 8.87 Å². The molecule has 0 aliphatic carbocycles. The quantitative estimate of drug-likeness (QED) is 0.829. The lowest BCUT2D eigenvalue weighted by molar-refractivity contribution is -0.116. The highest BCUT2D eigenvalue weighted by Crippen LogP contribution is 2.20. The summed E-state index contributed by atoms with van der Waals surface area (Å²) in [6.45, 7) is 0.302. The number of sulfonamides is 1. The maximum absolute atomic E-state index is 13.6. The van der Waals surface area contributed by atoms with Gasteiger partial charge in [-0.15, -0.1) is 0 Å². The van der Waals surface area contributed by atoms with Crippen molar-refractivity contribution in [1.29, 1.82) is 0 Å². The molecule has 1 aliphatic heterocycles. The highest BCUT2D eigenvalue weighted by molar-refractivity contribution is 7.89. The van der Waals surface area contributed by atoms with Crippen LogP contribution in [0.25, 0.3) is 0 Å². The summed E-state index contributed by atoms with van der Waals surface area (Å²) in [6.07, 6.45) is 2.63. The van der Waals surface area contributed by atoms with E-state index >= 15 is 0 Å². The van der Waals surface area contributed by atoms with E-state index in [9.17, 15) is 26.8 Å². The van der Waals surface area contributed by atoms with E-state index in [0.29, 0.717) is 19.2 Å². The smallest absolute Gasteiger partial charge is 0.251 e. The molecule has 0 atom stereocenters. The summed E-state index contributed by atoms with van der Waals surface area (Å²) in [6, 6.07) is 4.91. The number of carbonyl (C=O) groups excluding carboxylic acids is 1. The number of hydrogen-bond acceptors (Lipinski definition) is 4. The SMILES string of the molecule is O=C(Cn1cc(S(=O)(=O)N2CCCC2)ccc1=O)Nc1ccc(F)cc1F. The normalized spacial score (nSPS) is 15.0. The van der Waals surface area contributed by atoms with E-state index in [-0.39, 0.29) is 10.6 Å². The number of amides is 1. The minimum Gasteiger partial charge on any atom is -0.322 e. The van der Waals surface area contributed by atoms with Crippen LogP contribution >= 0.6 is 0 Å². The van der Waals surface area contributed by atoms with Crippen LogP contribution in [0.5, 0.6) is 0 Å². The van der Waals surface area contributed by atoms with Gasteiger partial charge < -0.3 is 9.88 Å². The number of anilines is 1. The molecule has 1 N–H and O–H groups in total. The zero-order valence-corrected chi connectivity index (χ0v) is 15.0. The zero-order valence-electron chi connectivity index (χ0n) is 14.2. The van der Waals surface area contributed by atoms with E-state index in [1.165, 1.54) is 10.4 Å². The summed E-state index contributed by atoms with van der Waals surface area (Å²) >= 11 is 0. The van der Waals surface area contributed by atoms with Crippen molar-refractivity contribution < 1.29 is 22.0 Å². The summed E-state index contributed by atoms with van der Waals surface area (Å²) in [7, 11) is -3.74. The zero-order chi connectivity index (χ0) is 19.6. The van der Waals surface area contributed by atoms with Crippen LogP contribution in [0.4, 0.5) is 14.5 Å². The third-order valence-electron chi connectivity index (χ3n) is 4.18. The highest BCUT2D eigenvalue weighted by atomic mass is 32.2. The Balaban J connectivity index is 1.80. The van der Waals surface area contributed by atoms with Crippen molar-refractivity contribution in [3.05, 3.63) is 58.5 Å². The van der Waals surface area contributed by atoms with E-state index in [2.05, 4.69) is 5.32 Å². The molecule has 0 spiro atoms. The average Bonchev–Trinajstić information content (AvgIpc) is 3.15. The first-order chi connectivity index (χ1) is 12.8. The molecule has 144 valence electrons. The Bertz CT molecular complexity index is 1030. The summed E-state index contributed by atoms with van der Waals surface area (Å²) in [4.78, 5) is 24.0. The first-order valence-corrected chi connectivity index (χ1v) is 9.67. The Morgan fingerprint density at radius 1 is 1.11 bits per heavy atom. The number of nitrogens with one attached hydrogen (secondary N) is 1. The van der Waals surface area contributed by atoms with Gasteiger partial charge in [0, 0.05) is 31.4 Å². The van der Waals surface area contributed by atoms with Gasteiger partial charge in [0.2, 0.25) is 15.9 Å². The van der Waals surface area contributed by atoms with Crippen LogP contribution in [0.1, 0.15) is 12.8 Å². The van der Waals surface area contributed by atoms with Gasteiger partial charge in [-0.25, -0.2) is 17.2 Å². The third kappa shape index (κ3) is 4.22. The van der Waals surface area contributed by atoms with Crippen LogP contribution in [0.2, 0.25) is 0 Å². The molecule has 7 nitrogen and oxygen atoms in total. The van der Waals surface area contributed by atoms with Gasteiger partial charge in [0.25, 0.3) is 5.56 Å². The molecule has 2 heterocycles. The van der Waals surface area contributed by atoms with Gasteiger partial charge in [-0.05, 0) is 31.0 Å². The molecule has 1 amide bonds. The molecule has 1 saturated heterocycles. The van der Waals surface area contributed by atoms with E-state index in [4.69, 9.17) is 0 Å². The third-order valence-corrected chi connectivity index (χ3v) is 6.06. The van der Waals surface area contributed by atoms with Crippen LogP contribution < -0.4 is 10.9 Å². The van der Waals surface area contributed by atoms with E-state index < -0.39 is 39.7 Å². The Kier molecular flexibility index (Phi) is 5.38. The number of hydrogen-bond donors (Lipinski definition) is 1. The van der Waals surface area contributed by atoms with Gasteiger partial charge in [-0.3, -0.25) is 9.59 Å². The van der Waals surface area contributed by atoms with Gasteiger partial charge in [-0.1, -0.05) is 0 Å². The Morgan fingerprint density at radius 2 is 1.81 bits per heavy atom. The molecular formula is C17H17F2N3O4S. The molecule has 1 aromatic carbocycles. The van der Waals surface area contributed by atoms with Gasteiger partial charge >= 0.3 is 0 Å². The van der Waals surface area contributed by atoms with Crippen molar-refractivity contribution in [3.8, 4) is 0 Å². The molecule has 0 unspecified atom stereocenters. The number of pyridine rings is 1. The largest absolute Gasteiger partial charge is 0.322 e. The Hall–Kier alpha value is -2.59. The number of carbonyl (C=O) groups is 1. The molecule has 1 aliphatic rings. The standard InChI is InChI=1S/C17H17F2N3O4S/c18-12-3-5-15(14(19)9-12)20-16(23)11-21-10-13(4-6-17(21)24)27(25,26)22-7-1-2-8-22/h3-6,9-10H,1-2,7-8,11H2,(H,20,23). The molecule has 3 rings (SSSR count). The Morgan fingerprint density at radius 3 is 2.48 bits per heavy atom. The van der Waals surface area contributed by atoms with Gasteiger partial charge in [0.1, 0.15) is 18.2 Å². The van der Waals surface area contributed by atoms with Gasteiger partial charge in [0.15, 0.2) is 0 Å².